The number of nitrogens with one attached hydrogen (secondary N) is 1. The van der Waals surface area contributed by atoms with Crippen LogP contribution in [0.25, 0.3) is 0 Å². The van der Waals surface area contributed by atoms with Crippen molar-refractivity contribution in [2.24, 2.45) is 5.84 Å². The first-order valence-electron chi connectivity index (χ1n) is 8.24. The van der Waals surface area contributed by atoms with Crippen molar-refractivity contribution in [3.8, 4) is 5.75 Å². The summed E-state index contributed by atoms with van der Waals surface area (Å²) >= 11 is 0. The molecule has 3 nitrogen and oxygen atoms in total. The van der Waals surface area contributed by atoms with E-state index in [0.29, 0.717) is 6.04 Å². The molecule has 0 aromatic heterocycles. The first-order chi connectivity index (χ1) is 10.3. The number of ether oxygens (including phenoxy) is 1. The maximum atomic E-state index is 5.75. The van der Waals surface area contributed by atoms with Crippen LogP contribution in [0.15, 0.2) is 29.8 Å². The van der Waals surface area contributed by atoms with Crippen LogP contribution in [-0.4, -0.2) is 12.6 Å². The summed E-state index contributed by atoms with van der Waals surface area (Å²) in [6.45, 7) is 0.833. The highest BCUT2D eigenvalue weighted by Gasteiger charge is 2.14. The van der Waals surface area contributed by atoms with Gasteiger partial charge in [-0.05, 0) is 62.1 Å². The molecule has 1 atom stereocenters. The van der Waals surface area contributed by atoms with Crippen molar-refractivity contribution >= 4 is 0 Å². The quantitative estimate of drug-likeness (QED) is 0.479. The van der Waals surface area contributed by atoms with Crippen LogP contribution in [0.2, 0.25) is 0 Å². The molecule has 0 radical (unpaired) electrons. The number of hydrogen-bond donors (Lipinski definition) is 2. The van der Waals surface area contributed by atoms with E-state index < -0.39 is 0 Å². The first-order valence-corrected chi connectivity index (χ1v) is 8.24. The van der Waals surface area contributed by atoms with Crippen molar-refractivity contribution in [2.45, 2.75) is 57.4 Å². The topological polar surface area (TPSA) is 47.3 Å². The Labute approximate surface area is 127 Å². The van der Waals surface area contributed by atoms with Crippen LogP contribution >= 0.6 is 0 Å². The average molecular weight is 286 g/mol. The highest BCUT2D eigenvalue weighted by Crippen LogP contribution is 2.27. The number of aryl methyl sites for hydroxylation is 1. The predicted octanol–water partition coefficient (Wildman–Crippen LogP) is 3.28. The van der Waals surface area contributed by atoms with Gasteiger partial charge in [-0.3, -0.25) is 11.3 Å². The molecule has 114 valence electrons. The molecule has 0 saturated heterocycles. The van der Waals surface area contributed by atoms with Gasteiger partial charge in [-0.1, -0.05) is 23.8 Å². The molecule has 1 aliphatic carbocycles. The van der Waals surface area contributed by atoms with E-state index in [1.54, 1.807) is 5.57 Å². The van der Waals surface area contributed by atoms with Gasteiger partial charge in [0.1, 0.15) is 5.75 Å². The van der Waals surface area contributed by atoms with Crippen molar-refractivity contribution in [3.05, 3.63) is 41.0 Å². The fourth-order valence-corrected chi connectivity index (χ4v) is 3.39. The monoisotopic (exact) mass is 286 g/mol. The smallest absolute Gasteiger partial charge is 0.122 e. The lowest BCUT2D eigenvalue weighted by Crippen LogP contribution is -2.35. The second-order valence-electron chi connectivity index (χ2n) is 6.26. The molecule has 1 aromatic rings. The van der Waals surface area contributed by atoms with E-state index in [-0.39, 0.29) is 0 Å². The molecule has 3 N–H and O–H groups in total. The second kappa shape index (κ2) is 7.10. The van der Waals surface area contributed by atoms with Crippen LogP contribution in [0.1, 0.15) is 49.7 Å². The van der Waals surface area contributed by atoms with E-state index in [2.05, 4.69) is 29.7 Å². The van der Waals surface area contributed by atoms with Gasteiger partial charge in [-0.15, -0.1) is 0 Å². The van der Waals surface area contributed by atoms with E-state index in [1.807, 2.05) is 0 Å². The Morgan fingerprint density at radius 1 is 1.24 bits per heavy atom. The molecule has 3 rings (SSSR count). The summed E-state index contributed by atoms with van der Waals surface area (Å²) < 4.78 is 5.56. The fraction of sp³-hybridized carbons (Fsp3) is 0.556. The molecule has 0 amide bonds. The fourth-order valence-electron chi connectivity index (χ4n) is 3.39. The minimum absolute atomic E-state index is 0.388. The summed E-state index contributed by atoms with van der Waals surface area (Å²) in [6.07, 6.45) is 11.9. The molecule has 1 heterocycles. The summed E-state index contributed by atoms with van der Waals surface area (Å²) in [5.41, 5.74) is 7.36. The zero-order valence-corrected chi connectivity index (χ0v) is 12.7. The number of benzene rings is 1. The summed E-state index contributed by atoms with van der Waals surface area (Å²) in [5.74, 6) is 6.82. The van der Waals surface area contributed by atoms with Gasteiger partial charge in [0.2, 0.25) is 0 Å². The summed E-state index contributed by atoms with van der Waals surface area (Å²) in [5, 5.41) is 0. The van der Waals surface area contributed by atoms with Crippen molar-refractivity contribution in [1.29, 1.82) is 0 Å². The highest BCUT2D eigenvalue weighted by atomic mass is 16.5. The number of fused-ring (bicyclic) bond motifs is 1. The maximum absolute atomic E-state index is 5.75. The zero-order chi connectivity index (χ0) is 14.5. The first kappa shape index (κ1) is 14.6. The van der Waals surface area contributed by atoms with Gasteiger partial charge < -0.3 is 4.74 Å². The molecule has 1 aromatic carbocycles. The predicted molar refractivity (Wildman–Crippen MR) is 86.2 cm³/mol. The molecule has 0 fully saturated rings. The number of hydrogen-bond acceptors (Lipinski definition) is 3. The highest BCUT2D eigenvalue weighted by molar-refractivity contribution is 5.39. The number of allylic oxidation sites excluding steroid dienone is 1. The Hall–Kier alpha value is -1.32. The van der Waals surface area contributed by atoms with Crippen molar-refractivity contribution in [3.63, 3.8) is 0 Å². The summed E-state index contributed by atoms with van der Waals surface area (Å²) in [6, 6.07) is 7.00. The minimum Gasteiger partial charge on any atom is -0.493 e. The maximum Gasteiger partial charge on any atom is 0.122 e. The molecule has 0 spiro atoms. The molecule has 3 heteroatoms. The van der Waals surface area contributed by atoms with Gasteiger partial charge in [0.05, 0.1) is 6.61 Å². The van der Waals surface area contributed by atoms with Gasteiger partial charge in [-0.2, -0.15) is 0 Å². The number of rotatable bonds is 6. The largest absolute Gasteiger partial charge is 0.493 e. The molecule has 2 aliphatic rings. The van der Waals surface area contributed by atoms with E-state index >= 15 is 0 Å². The lowest BCUT2D eigenvalue weighted by Gasteiger charge is -2.20. The Balaban J connectivity index is 1.53. The molecular weight excluding hydrogens is 260 g/mol. The van der Waals surface area contributed by atoms with Crippen LogP contribution in [0.4, 0.5) is 0 Å². The molecule has 0 bridgehead atoms. The SMILES string of the molecule is NNC(CCc1ccc2c(c1)CCO2)CC1=CCCCC1. The normalized spacial score (nSPS) is 18.8. The van der Waals surface area contributed by atoms with Crippen molar-refractivity contribution in [2.75, 3.05) is 6.61 Å². The van der Waals surface area contributed by atoms with E-state index in [9.17, 15) is 0 Å². The van der Waals surface area contributed by atoms with Gasteiger partial charge >= 0.3 is 0 Å². The van der Waals surface area contributed by atoms with Crippen LogP contribution in [-0.2, 0) is 12.8 Å². The second-order valence-corrected chi connectivity index (χ2v) is 6.26. The standard InChI is InChI=1S/C18H26N2O/c19-20-17(13-14-4-2-1-3-5-14)8-6-15-7-9-18-16(12-15)10-11-21-18/h4,7,9,12,17,20H,1-3,5-6,8,10-11,13,19H2. The van der Waals surface area contributed by atoms with Gasteiger partial charge in [0, 0.05) is 12.5 Å². The molecule has 1 aliphatic heterocycles. The molecular formula is C18H26N2O. The Bertz CT molecular complexity index is 510. The van der Waals surface area contributed by atoms with Crippen LogP contribution in [0.3, 0.4) is 0 Å². The van der Waals surface area contributed by atoms with Crippen LogP contribution in [0.5, 0.6) is 5.75 Å². The van der Waals surface area contributed by atoms with Gasteiger partial charge in [0.25, 0.3) is 0 Å². The summed E-state index contributed by atoms with van der Waals surface area (Å²) in [4.78, 5) is 0. The third-order valence-corrected chi connectivity index (χ3v) is 4.66. The third kappa shape index (κ3) is 3.86. The van der Waals surface area contributed by atoms with Crippen molar-refractivity contribution in [1.82, 2.24) is 5.43 Å². The number of nitrogens with two attached hydrogens (primary N) is 1. The van der Waals surface area contributed by atoms with E-state index in [1.165, 1.54) is 36.8 Å². The van der Waals surface area contributed by atoms with E-state index in [0.717, 1.165) is 38.0 Å². The number of hydrazine groups is 1. The Morgan fingerprint density at radius 3 is 3.00 bits per heavy atom. The molecule has 21 heavy (non-hydrogen) atoms. The van der Waals surface area contributed by atoms with Crippen molar-refractivity contribution < 1.29 is 4.74 Å². The van der Waals surface area contributed by atoms with E-state index in [4.69, 9.17) is 10.6 Å². The Morgan fingerprint density at radius 2 is 2.19 bits per heavy atom. The summed E-state index contributed by atoms with van der Waals surface area (Å²) in [7, 11) is 0. The average Bonchev–Trinajstić information content (AvgIpc) is 3.00. The lowest BCUT2D eigenvalue weighted by atomic mass is 9.92. The van der Waals surface area contributed by atoms with Gasteiger partial charge in [-0.25, -0.2) is 0 Å². The zero-order valence-electron chi connectivity index (χ0n) is 12.7. The molecule has 0 saturated carbocycles. The van der Waals surface area contributed by atoms with Gasteiger partial charge in [0.15, 0.2) is 0 Å². The van der Waals surface area contributed by atoms with Crippen LogP contribution < -0.4 is 16.0 Å². The van der Waals surface area contributed by atoms with Crippen LogP contribution in [0, 0.1) is 0 Å². The Kier molecular flexibility index (Phi) is 4.94. The lowest BCUT2D eigenvalue weighted by molar-refractivity contribution is 0.357. The minimum atomic E-state index is 0.388. The third-order valence-electron chi connectivity index (χ3n) is 4.66. The molecule has 1 unspecified atom stereocenters.